The molecule has 0 radical (unpaired) electrons. The average molecular weight is 258 g/mol. The molecule has 2 aliphatic rings. The predicted molar refractivity (Wildman–Crippen MR) is 64.6 cm³/mol. The van der Waals surface area contributed by atoms with Gasteiger partial charge in [0.2, 0.25) is 0 Å². The Morgan fingerprint density at radius 1 is 0.944 bits per heavy atom. The van der Waals surface area contributed by atoms with Crippen molar-refractivity contribution in [3.05, 3.63) is 0 Å². The van der Waals surface area contributed by atoms with Crippen molar-refractivity contribution in [2.75, 3.05) is 39.6 Å². The highest BCUT2D eigenvalue weighted by Gasteiger charge is 2.19. The Morgan fingerprint density at radius 3 is 2.22 bits per heavy atom. The van der Waals surface area contributed by atoms with Gasteiger partial charge < -0.3 is 18.9 Å². The molecule has 0 aromatic carbocycles. The second kappa shape index (κ2) is 7.84. The Bertz CT molecular complexity index is 244. The maximum Gasteiger partial charge on any atom is 0.135 e. The van der Waals surface area contributed by atoms with Gasteiger partial charge in [0.25, 0.3) is 0 Å². The second-order valence-corrected chi connectivity index (χ2v) is 4.77. The highest BCUT2D eigenvalue weighted by Crippen LogP contribution is 2.12. The Labute approximate surface area is 108 Å². The number of carbonyl (C=O) groups is 1. The quantitative estimate of drug-likeness (QED) is 0.710. The number of ketones is 1. The third-order valence-electron chi connectivity index (χ3n) is 3.21. The lowest BCUT2D eigenvalue weighted by molar-refractivity contribution is -0.130. The molecule has 0 unspecified atom stereocenters. The standard InChI is InChI=1S/C13H22O5/c14-11(8-13-10-16-5-7-18-13)2-1-3-12-9-15-4-6-17-12/h12-13H,1-10H2/t12-,13-/m1/s1. The predicted octanol–water partition coefficient (Wildman–Crippen LogP) is 0.947. The molecule has 0 saturated carbocycles. The highest BCUT2D eigenvalue weighted by atomic mass is 16.6. The van der Waals surface area contributed by atoms with Gasteiger partial charge in [-0.15, -0.1) is 0 Å². The molecule has 5 nitrogen and oxygen atoms in total. The summed E-state index contributed by atoms with van der Waals surface area (Å²) >= 11 is 0. The number of Topliss-reactive ketones (excluding diaryl/α,β-unsaturated/α-hetero) is 1. The van der Waals surface area contributed by atoms with Crippen molar-refractivity contribution in [2.24, 2.45) is 0 Å². The van der Waals surface area contributed by atoms with E-state index >= 15 is 0 Å². The summed E-state index contributed by atoms with van der Waals surface area (Å²) in [6, 6.07) is 0. The van der Waals surface area contributed by atoms with Crippen LogP contribution in [0.1, 0.15) is 25.7 Å². The lowest BCUT2D eigenvalue weighted by Crippen LogP contribution is -2.31. The molecule has 104 valence electrons. The fourth-order valence-corrected chi connectivity index (χ4v) is 2.24. The van der Waals surface area contributed by atoms with Crippen molar-refractivity contribution in [1.82, 2.24) is 0 Å². The molecule has 0 aromatic rings. The summed E-state index contributed by atoms with van der Waals surface area (Å²) in [7, 11) is 0. The van der Waals surface area contributed by atoms with Crippen LogP contribution in [0.25, 0.3) is 0 Å². The van der Waals surface area contributed by atoms with Gasteiger partial charge in [-0.1, -0.05) is 0 Å². The summed E-state index contributed by atoms with van der Waals surface area (Å²) in [6.07, 6.45) is 2.96. The topological polar surface area (TPSA) is 54.0 Å². The van der Waals surface area contributed by atoms with E-state index in [1.807, 2.05) is 0 Å². The summed E-state index contributed by atoms with van der Waals surface area (Å²) in [6.45, 7) is 3.81. The summed E-state index contributed by atoms with van der Waals surface area (Å²) < 4.78 is 21.6. The second-order valence-electron chi connectivity index (χ2n) is 4.77. The summed E-state index contributed by atoms with van der Waals surface area (Å²) in [5, 5.41) is 0. The van der Waals surface area contributed by atoms with Crippen molar-refractivity contribution < 1.29 is 23.7 Å². The van der Waals surface area contributed by atoms with Crippen LogP contribution in [-0.4, -0.2) is 57.6 Å². The smallest absolute Gasteiger partial charge is 0.135 e. The third-order valence-corrected chi connectivity index (χ3v) is 3.21. The first-order chi connectivity index (χ1) is 8.84. The van der Waals surface area contributed by atoms with Gasteiger partial charge in [-0.25, -0.2) is 0 Å². The molecule has 0 aliphatic carbocycles. The molecule has 2 atom stereocenters. The molecule has 2 fully saturated rings. The molecular formula is C13H22O5. The average Bonchev–Trinajstić information content (AvgIpc) is 2.41. The maximum atomic E-state index is 11.7. The largest absolute Gasteiger partial charge is 0.376 e. The van der Waals surface area contributed by atoms with Gasteiger partial charge >= 0.3 is 0 Å². The van der Waals surface area contributed by atoms with Gasteiger partial charge in [-0.2, -0.15) is 0 Å². The van der Waals surface area contributed by atoms with E-state index in [-0.39, 0.29) is 18.0 Å². The van der Waals surface area contributed by atoms with Gasteiger partial charge in [-0.3, -0.25) is 4.79 Å². The fraction of sp³-hybridized carbons (Fsp3) is 0.923. The zero-order valence-corrected chi connectivity index (χ0v) is 10.8. The molecule has 0 N–H and O–H groups in total. The van der Waals surface area contributed by atoms with E-state index in [0.29, 0.717) is 52.5 Å². The Kier molecular flexibility index (Phi) is 6.07. The van der Waals surface area contributed by atoms with E-state index in [4.69, 9.17) is 18.9 Å². The van der Waals surface area contributed by atoms with Crippen LogP contribution >= 0.6 is 0 Å². The molecule has 2 saturated heterocycles. The molecule has 2 rings (SSSR count). The molecule has 2 aliphatic heterocycles. The molecule has 0 amide bonds. The zero-order valence-electron chi connectivity index (χ0n) is 10.8. The van der Waals surface area contributed by atoms with Crippen LogP contribution in [0.15, 0.2) is 0 Å². The van der Waals surface area contributed by atoms with Crippen molar-refractivity contribution in [1.29, 1.82) is 0 Å². The Balaban J connectivity index is 1.53. The molecule has 2 heterocycles. The Hall–Kier alpha value is -0.490. The van der Waals surface area contributed by atoms with Gasteiger partial charge in [0.15, 0.2) is 0 Å². The molecule has 0 bridgehead atoms. The molecule has 0 aromatic heterocycles. The van der Waals surface area contributed by atoms with Gasteiger partial charge in [0.1, 0.15) is 5.78 Å². The highest BCUT2D eigenvalue weighted by molar-refractivity contribution is 5.78. The van der Waals surface area contributed by atoms with Crippen LogP contribution in [0, 0.1) is 0 Å². The summed E-state index contributed by atoms with van der Waals surface area (Å²) in [4.78, 5) is 11.7. The van der Waals surface area contributed by atoms with Gasteiger partial charge in [0.05, 0.1) is 51.8 Å². The lowest BCUT2D eigenvalue weighted by atomic mass is 10.1. The monoisotopic (exact) mass is 258 g/mol. The molecule has 18 heavy (non-hydrogen) atoms. The van der Waals surface area contributed by atoms with Crippen molar-refractivity contribution in [3.8, 4) is 0 Å². The number of hydrogen-bond acceptors (Lipinski definition) is 5. The minimum atomic E-state index is -0.0412. The van der Waals surface area contributed by atoms with E-state index in [1.165, 1.54) is 0 Å². The van der Waals surface area contributed by atoms with Crippen molar-refractivity contribution in [3.63, 3.8) is 0 Å². The van der Waals surface area contributed by atoms with Crippen LogP contribution in [0.3, 0.4) is 0 Å². The Morgan fingerprint density at radius 2 is 1.61 bits per heavy atom. The SMILES string of the molecule is O=C(CCC[C@@H]1COCCO1)C[C@@H]1COCCO1. The van der Waals surface area contributed by atoms with Crippen LogP contribution < -0.4 is 0 Å². The first kappa shape index (κ1) is 13.9. The number of carbonyl (C=O) groups excluding carboxylic acids is 1. The van der Waals surface area contributed by atoms with E-state index in [9.17, 15) is 4.79 Å². The van der Waals surface area contributed by atoms with E-state index in [0.717, 1.165) is 12.8 Å². The van der Waals surface area contributed by atoms with Gasteiger partial charge in [0, 0.05) is 12.8 Å². The van der Waals surface area contributed by atoms with Crippen molar-refractivity contribution in [2.45, 2.75) is 37.9 Å². The molecular weight excluding hydrogens is 236 g/mol. The fourth-order valence-electron chi connectivity index (χ4n) is 2.24. The first-order valence-corrected chi connectivity index (χ1v) is 6.75. The maximum absolute atomic E-state index is 11.7. The summed E-state index contributed by atoms with van der Waals surface area (Å²) in [5.74, 6) is 0.252. The van der Waals surface area contributed by atoms with E-state index < -0.39 is 0 Å². The van der Waals surface area contributed by atoms with Crippen LogP contribution in [-0.2, 0) is 23.7 Å². The number of hydrogen-bond donors (Lipinski definition) is 0. The number of ether oxygens (including phenoxy) is 4. The normalized spacial score (nSPS) is 29.1. The minimum absolute atomic E-state index is 0.0412. The third kappa shape index (κ3) is 5.02. The molecule has 5 heteroatoms. The van der Waals surface area contributed by atoms with E-state index in [1.54, 1.807) is 0 Å². The van der Waals surface area contributed by atoms with E-state index in [2.05, 4.69) is 0 Å². The number of rotatable bonds is 6. The lowest BCUT2D eigenvalue weighted by Gasteiger charge is -2.23. The summed E-state index contributed by atoms with van der Waals surface area (Å²) in [5.41, 5.74) is 0. The zero-order chi connectivity index (χ0) is 12.6. The van der Waals surface area contributed by atoms with Crippen LogP contribution in [0.2, 0.25) is 0 Å². The van der Waals surface area contributed by atoms with Crippen LogP contribution in [0.4, 0.5) is 0 Å². The molecule has 0 spiro atoms. The van der Waals surface area contributed by atoms with Gasteiger partial charge in [-0.05, 0) is 12.8 Å². The van der Waals surface area contributed by atoms with Crippen molar-refractivity contribution >= 4 is 5.78 Å². The first-order valence-electron chi connectivity index (χ1n) is 6.75. The van der Waals surface area contributed by atoms with Crippen LogP contribution in [0.5, 0.6) is 0 Å². The minimum Gasteiger partial charge on any atom is -0.376 e.